The summed E-state index contributed by atoms with van der Waals surface area (Å²) in [4.78, 5) is 28.4. The molecule has 2 aliphatic heterocycles. The second-order valence-electron chi connectivity index (χ2n) is 12.6. The van der Waals surface area contributed by atoms with Gasteiger partial charge in [0.05, 0.1) is 17.5 Å². The van der Waals surface area contributed by atoms with Crippen LogP contribution in [-0.4, -0.2) is 51.7 Å². The Morgan fingerprint density at radius 3 is 2.66 bits per heavy atom. The van der Waals surface area contributed by atoms with Crippen LogP contribution in [0.5, 0.6) is 5.75 Å². The standard InChI is InChI=1S/C31H38ClN3O5S/c1-19-12-29(36)33-15-23-5-6-24(23)16-35-17-31(11-3-4-21-13-25(32)8-9-26(21)31)18-40-28-10-7-22(14-27(28)35)30(37)34-41(38,39)20(19)2/h7-10,13-14,19-20,23-24H,3-6,11-12,15-18H2,1-2H3,(H,33,36)(H,34,37)/t19-,20+,23+,24+,31+/m1/s1. The van der Waals surface area contributed by atoms with Crippen LogP contribution in [0.25, 0.3) is 0 Å². The van der Waals surface area contributed by atoms with E-state index in [0.29, 0.717) is 37.3 Å². The van der Waals surface area contributed by atoms with Crippen LogP contribution < -0.4 is 19.7 Å². The van der Waals surface area contributed by atoms with Gasteiger partial charge in [-0.3, -0.25) is 9.59 Å². The minimum absolute atomic E-state index is 0.0852. The third-order valence-electron chi connectivity index (χ3n) is 9.92. The molecule has 1 spiro atoms. The molecule has 0 saturated heterocycles. The van der Waals surface area contributed by atoms with Crippen molar-refractivity contribution in [2.45, 2.75) is 63.0 Å². The first-order valence-corrected chi connectivity index (χ1v) is 16.6. The van der Waals surface area contributed by atoms with Crippen molar-refractivity contribution in [3.63, 3.8) is 0 Å². The number of aryl methyl sites for hydroxylation is 1. The Labute approximate surface area is 247 Å². The zero-order chi connectivity index (χ0) is 28.9. The minimum atomic E-state index is -4.00. The normalized spacial score (nSPS) is 31.4. The van der Waals surface area contributed by atoms with Crippen LogP contribution in [0.4, 0.5) is 5.69 Å². The van der Waals surface area contributed by atoms with Crippen LogP contribution in [-0.2, 0) is 26.7 Å². The molecule has 2 amide bonds. The van der Waals surface area contributed by atoms with Gasteiger partial charge in [0.1, 0.15) is 5.75 Å². The Morgan fingerprint density at radius 1 is 1.07 bits per heavy atom. The number of hydrogen-bond donors (Lipinski definition) is 2. The molecule has 4 aliphatic rings. The molecule has 2 aliphatic carbocycles. The number of halogens is 1. The van der Waals surface area contributed by atoms with Gasteiger partial charge < -0.3 is 15.0 Å². The summed E-state index contributed by atoms with van der Waals surface area (Å²) < 4.78 is 35.0. The second kappa shape index (κ2) is 10.8. The van der Waals surface area contributed by atoms with E-state index in [4.69, 9.17) is 16.3 Å². The summed E-state index contributed by atoms with van der Waals surface area (Å²) in [5, 5.41) is 2.88. The van der Waals surface area contributed by atoms with Crippen molar-refractivity contribution in [2.75, 3.05) is 31.1 Å². The molecule has 2 aromatic carbocycles. The number of benzene rings is 2. The summed E-state index contributed by atoms with van der Waals surface area (Å²) in [6, 6.07) is 11.4. The molecular formula is C31H38ClN3O5S. The Bertz CT molecular complexity index is 1480. The van der Waals surface area contributed by atoms with E-state index in [-0.39, 0.29) is 23.3 Å². The first-order valence-electron chi connectivity index (χ1n) is 14.7. The molecule has 0 radical (unpaired) electrons. The summed E-state index contributed by atoms with van der Waals surface area (Å²) in [7, 11) is -4.00. The van der Waals surface area contributed by atoms with E-state index in [0.717, 1.165) is 49.4 Å². The lowest BCUT2D eigenvalue weighted by atomic mass is 9.69. The van der Waals surface area contributed by atoms with Gasteiger partial charge in [0.15, 0.2) is 0 Å². The first kappa shape index (κ1) is 28.3. The van der Waals surface area contributed by atoms with E-state index in [1.165, 1.54) is 11.1 Å². The highest BCUT2D eigenvalue weighted by atomic mass is 35.5. The number of amides is 2. The molecule has 0 aromatic heterocycles. The van der Waals surface area contributed by atoms with Crippen LogP contribution in [0.2, 0.25) is 5.02 Å². The number of carbonyl (C=O) groups is 2. The lowest BCUT2D eigenvalue weighted by Gasteiger charge is -2.44. The topological polar surface area (TPSA) is 105 Å². The second-order valence-corrected chi connectivity index (χ2v) is 15.0. The minimum Gasteiger partial charge on any atom is -0.490 e. The number of sulfonamides is 1. The molecule has 41 heavy (non-hydrogen) atoms. The monoisotopic (exact) mass is 599 g/mol. The smallest absolute Gasteiger partial charge is 0.264 e. The van der Waals surface area contributed by atoms with Crippen LogP contribution in [0, 0.1) is 17.8 Å². The van der Waals surface area contributed by atoms with E-state index in [1.807, 2.05) is 6.07 Å². The van der Waals surface area contributed by atoms with E-state index >= 15 is 0 Å². The first-order chi connectivity index (χ1) is 19.5. The predicted octanol–water partition coefficient (Wildman–Crippen LogP) is 4.44. The van der Waals surface area contributed by atoms with Gasteiger partial charge >= 0.3 is 0 Å². The largest absolute Gasteiger partial charge is 0.490 e. The van der Waals surface area contributed by atoms with Crippen molar-refractivity contribution in [2.24, 2.45) is 17.8 Å². The van der Waals surface area contributed by atoms with Crippen molar-refractivity contribution in [3.8, 4) is 5.75 Å². The summed E-state index contributed by atoms with van der Waals surface area (Å²) in [5.74, 6) is 0.127. The molecule has 2 bridgehead atoms. The van der Waals surface area contributed by atoms with E-state index < -0.39 is 27.1 Å². The molecule has 8 nitrogen and oxygen atoms in total. The molecule has 2 N–H and O–H groups in total. The Hall–Kier alpha value is -2.78. The average Bonchev–Trinajstić information content (AvgIpc) is 3.06. The third kappa shape index (κ3) is 5.43. The molecule has 5 atom stereocenters. The van der Waals surface area contributed by atoms with Gasteiger partial charge in [-0.25, -0.2) is 13.1 Å². The van der Waals surface area contributed by atoms with Crippen molar-refractivity contribution in [3.05, 3.63) is 58.1 Å². The lowest BCUT2D eigenvalue weighted by Crippen LogP contribution is -2.49. The van der Waals surface area contributed by atoms with E-state index in [9.17, 15) is 18.0 Å². The number of fused-ring (bicyclic) bond motifs is 4. The SMILES string of the molecule is C[C@@H]1CC(=O)NC[C@@H]2CC[C@H]2CN2C[C@@]3(CCCc4cc(Cl)ccc43)COc3ccc(cc32)C(=O)NS(=O)(=O)[C@H]1C. The quantitative estimate of drug-likeness (QED) is 0.464. The number of rotatable bonds is 0. The summed E-state index contributed by atoms with van der Waals surface area (Å²) in [6.45, 7) is 5.83. The number of anilines is 1. The van der Waals surface area contributed by atoms with Crippen LogP contribution in [0.3, 0.4) is 0 Å². The van der Waals surface area contributed by atoms with Crippen molar-refractivity contribution in [1.82, 2.24) is 10.0 Å². The molecule has 10 heteroatoms. The van der Waals surface area contributed by atoms with Gasteiger partial charge in [-0.05, 0) is 98.2 Å². The van der Waals surface area contributed by atoms with Crippen LogP contribution in [0.1, 0.15) is 67.4 Å². The van der Waals surface area contributed by atoms with Gasteiger partial charge in [0, 0.05) is 42.1 Å². The molecule has 2 aromatic rings. The molecule has 220 valence electrons. The van der Waals surface area contributed by atoms with Gasteiger partial charge in [-0.1, -0.05) is 24.6 Å². The maximum absolute atomic E-state index is 13.3. The Morgan fingerprint density at radius 2 is 1.88 bits per heavy atom. The molecule has 6 rings (SSSR count). The van der Waals surface area contributed by atoms with Crippen molar-refractivity contribution in [1.29, 1.82) is 0 Å². The molecule has 2 heterocycles. The number of ether oxygens (including phenoxy) is 1. The van der Waals surface area contributed by atoms with Crippen LogP contribution in [0.15, 0.2) is 36.4 Å². The molecule has 1 fully saturated rings. The molecule has 0 unspecified atom stereocenters. The zero-order valence-electron chi connectivity index (χ0n) is 23.6. The predicted molar refractivity (Wildman–Crippen MR) is 159 cm³/mol. The number of nitrogens with one attached hydrogen (secondary N) is 2. The Balaban J connectivity index is 1.40. The summed E-state index contributed by atoms with van der Waals surface area (Å²) in [6.07, 6.45) is 5.17. The average molecular weight is 600 g/mol. The fourth-order valence-corrected chi connectivity index (χ4v) is 8.51. The maximum atomic E-state index is 13.3. The van der Waals surface area contributed by atoms with Gasteiger partial charge in [-0.2, -0.15) is 0 Å². The highest BCUT2D eigenvalue weighted by Crippen LogP contribution is 2.46. The lowest BCUT2D eigenvalue weighted by molar-refractivity contribution is -0.122. The number of hydrogen-bond acceptors (Lipinski definition) is 6. The van der Waals surface area contributed by atoms with Crippen molar-refractivity contribution < 1.29 is 22.7 Å². The van der Waals surface area contributed by atoms with E-state index in [2.05, 4.69) is 27.1 Å². The Kier molecular flexibility index (Phi) is 7.47. The third-order valence-corrected chi connectivity index (χ3v) is 12.1. The molecule has 1 saturated carbocycles. The number of nitrogens with zero attached hydrogens (tertiary/aromatic N) is 1. The summed E-state index contributed by atoms with van der Waals surface area (Å²) in [5.41, 5.74) is 3.34. The van der Waals surface area contributed by atoms with Crippen LogP contribution >= 0.6 is 11.6 Å². The fourth-order valence-electron chi connectivity index (χ4n) is 7.05. The zero-order valence-corrected chi connectivity index (χ0v) is 25.2. The summed E-state index contributed by atoms with van der Waals surface area (Å²) >= 11 is 6.37. The van der Waals surface area contributed by atoms with E-state index in [1.54, 1.807) is 32.0 Å². The maximum Gasteiger partial charge on any atom is 0.264 e. The van der Waals surface area contributed by atoms with Gasteiger partial charge in [0.2, 0.25) is 15.9 Å². The highest BCUT2D eigenvalue weighted by molar-refractivity contribution is 7.90. The molecular weight excluding hydrogens is 562 g/mol. The highest BCUT2D eigenvalue weighted by Gasteiger charge is 2.43. The number of carbonyl (C=O) groups excluding carboxylic acids is 2. The van der Waals surface area contributed by atoms with Gasteiger partial charge in [-0.15, -0.1) is 0 Å². The van der Waals surface area contributed by atoms with Crippen molar-refractivity contribution >= 4 is 39.1 Å². The fraction of sp³-hybridized carbons (Fsp3) is 0.548. The van der Waals surface area contributed by atoms with Gasteiger partial charge in [0.25, 0.3) is 5.91 Å².